The average molecular weight is 431 g/mol. The number of benzene rings is 1. The van der Waals surface area contributed by atoms with Crippen molar-refractivity contribution >= 4 is 34.9 Å². The van der Waals surface area contributed by atoms with Crippen LogP contribution in [-0.4, -0.2) is 60.0 Å². The van der Waals surface area contributed by atoms with Crippen molar-refractivity contribution in [3.63, 3.8) is 0 Å². The van der Waals surface area contributed by atoms with E-state index in [2.05, 4.69) is 4.98 Å². The summed E-state index contributed by atoms with van der Waals surface area (Å²) in [5, 5.41) is 1.70. The zero-order valence-corrected chi connectivity index (χ0v) is 17.7. The molecule has 1 aromatic heterocycles. The predicted octanol–water partition coefficient (Wildman–Crippen LogP) is 1.46. The molecule has 2 N–H and O–H groups in total. The highest BCUT2D eigenvalue weighted by atomic mass is 32.1. The van der Waals surface area contributed by atoms with Crippen molar-refractivity contribution in [1.82, 2.24) is 9.88 Å². The zero-order chi connectivity index (χ0) is 21.5. The van der Waals surface area contributed by atoms with Crippen molar-refractivity contribution in [2.75, 3.05) is 31.2 Å². The molecular formula is C21H26N4O4S. The minimum Gasteiger partial charge on any atom is -0.378 e. The summed E-state index contributed by atoms with van der Waals surface area (Å²) in [6.07, 6.45) is 0.418. The van der Waals surface area contributed by atoms with Crippen LogP contribution in [0.5, 0.6) is 0 Å². The molecule has 8 nitrogen and oxygen atoms in total. The number of primary amides is 1. The van der Waals surface area contributed by atoms with Crippen LogP contribution in [0.1, 0.15) is 18.9 Å². The van der Waals surface area contributed by atoms with Gasteiger partial charge in [-0.3, -0.25) is 19.3 Å². The first kappa shape index (κ1) is 21.9. The van der Waals surface area contributed by atoms with Gasteiger partial charge < -0.3 is 15.4 Å². The van der Waals surface area contributed by atoms with Crippen LogP contribution in [0.15, 0.2) is 41.2 Å². The monoisotopic (exact) mass is 430 g/mol. The van der Waals surface area contributed by atoms with E-state index in [4.69, 9.17) is 10.5 Å². The zero-order valence-electron chi connectivity index (χ0n) is 16.9. The number of ether oxygens (including phenoxy) is 1. The number of rotatable bonds is 8. The second-order valence-corrected chi connectivity index (χ2v) is 7.94. The lowest BCUT2D eigenvalue weighted by Crippen LogP contribution is -2.50. The molecule has 1 unspecified atom stereocenters. The fourth-order valence-corrected chi connectivity index (χ4v) is 3.98. The predicted molar refractivity (Wildman–Crippen MR) is 114 cm³/mol. The van der Waals surface area contributed by atoms with Crippen LogP contribution in [0.3, 0.4) is 0 Å². The maximum Gasteiger partial charge on any atom is 0.240 e. The van der Waals surface area contributed by atoms with Crippen molar-refractivity contribution in [2.45, 2.75) is 25.8 Å². The third kappa shape index (κ3) is 5.43. The third-order valence-corrected chi connectivity index (χ3v) is 5.74. The normalized spacial score (nSPS) is 16.0. The Balaban J connectivity index is 1.87. The van der Waals surface area contributed by atoms with Gasteiger partial charge in [-0.15, -0.1) is 11.3 Å². The van der Waals surface area contributed by atoms with E-state index in [0.29, 0.717) is 38.5 Å². The minimum absolute atomic E-state index is 0.0415. The minimum atomic E-state index is -0.878. The molecule has 1 saturated heterocycles. The quantitative estimate of drug-likeness (QED) is 0.682. The summed E-state index contributed by atoms with van der Waals surface area (Å²) < 4.78 is 5.32. The highest BCUT2D eigenvalue weighted by Gasteiger charge is 2.34. The van der Waals surface area contributed by atoms with Gasteiger partial charge >= 0.3 is 0 Å². The van der Waals surface area contributed by atoms with Gasteiger partial charge in [-0.1, -0.05) is 30.3 Å². The van der Waals surface area contributed by atoms with Gasteiger partial charge in [0.25, 0.3) is 0 Å². The summed E-state index contributed by atoms with van der Waals surface area (Å²) in [6, 6.07) is 8.65. The molecule has 2 heterocycles. The fourth-order valence-electron chi connectivity index (χ4n) is 3.45. The Labute approximate surface area is 179 Å². The smallest absolute Gasteiger partial charge is 0.240 e. The number of amides is 3. The summed E-state index contributed by atoms with van der Waals surface area (Å²) in [5.41, 5.74) is 8.04. The van der Waals surface area contributed by atoms with E-state index >= 15 is 0 Å². The first-order chi connectivity index (χ1) is 14.5. The van der Waals surface area contributed by atoms with Crippen LogP contribution < -0.4 is 10.6 Å². The lowest BCUT2D eigenvalue weighted by atomic mass is 9.93. The van der Waals surface area contributed by atoms with Gasteiger partial charge in [0, 0.05) is 24.9 Å². The number of morpholine rings is 1. The molecule has 1 fully saturated rings. The molecule has 1 aromatic carbocycles. The summed E-state index contributed by atoms with van der Waals surface area (Å²) in [7, 11) is 0. The van der Waals surface area contributed by atoms with Crippen LogP contribution in [0.4, 0.5) is 5.82 Å². The van der Waals surface area contributed by atoms with Crippen molar-refractivity contribution < 1.29 is 19.1 Å². The number of nitrogens with zero attached hydrogens (tertiary/aromatic N) is 3. The Bertz CT molecular complexity index is 853. The van der Waals surface area contributed by atoms with Gasteiger partial charge in [0.15, 0.2) is 0 Å². The summed E-state index contributed by atoms with van der Waals surface area (Å²) >= 11 is 1.32. The Morgan fingerprint density at radius 2 is 1.93 bits per heavy atom. The van der Waals surface area contributed by atoms with Crippen LogP contribution in [-0.2, 0) is 25.5 Å². The maximum atomic E-state index is 13.6. The second-order valence-electron chi connectivity index (χ2n) is 7.22. The Morgan fingerprint density at radius 1 is 1.23 bits per heavy atom. The molecule has 0 aliphatic carbocycles. The van der Waals surface area contributed by atoms with Crippen LogP contribution >= 0.6 is 11.3 Å². The molecule has 3 amide bonds. The summed E-state index contributed by atoms with van der Waals surface area (Å²) in [4.78, 5) is 45.7. The molecule has 160 valence electrons. The molecule has 0 saturated carbocycles. The van der Waals surface area contributed by atoms with Gasteiger partial charge in [-0.05, 0) is 18.9 Å². The van der Waals surface area contributed by atoms with Gasteiger partial charge in [-0.2, -0.15) is 0 Å². The number of anilines is 1. The number of carbonyl (C=O) groups is 3. The first-order valence-electron chi connectivity index (χ1n) is 9.87. The molecule has 2 aromatic rings. The largest absolute Gasteiger partial charge is 0.378 e. The van der Waals surface area contributed by atoms with E-state index < -0.39 is 17.9 Å². The average Bonchev–Trinajstić information content (AvgIpc) is 3.29. The molecule has 2 atom stereocenters. The topological polar surface area (TPSA) is 106 Å². The second kappa shape index (κ2) is 10.3. The van der Waals surface area contributed by atoms with Crippen LogP contribution in [0.25, 0.3) is 0 Å². The van der Waals surface area contributed by atoms with Gasteiger partial charge in [0.05, 0.1) is 24.6 Å². The summed E-state index contributed by atoms with van der Waals surface area (Å²) in [6.45, 7) is 3.58. The van der Waals surface area contributed by atoms with E-state index in [1.165, 1.54) is 16.2 Å². The van der Waals surface area contributed by atoms with Gasteiger partial charge in [-0.25, -0.2) is 4.98 Å². The lowest BCUT2D eigenvalue weighted by Gasteiger charge is -2.31. The van der Waals surface area contributed by atoms with Crippen molar-refractivity contribution in [3.05, 3.63) is 46.8 Å². The third-order valence-electron chi connectivity index (χ3n) is 5.16. The number of hydrogen-bond donors (Lipinski definition) is 1. The molecule has 3 rings (SSSR count). The highest BCUT2D eigenvalue weighted by molar-refractivity contribution is 7.07. The molecule has 1 aliphatic heterocycles. The first-order valence-corrected chi connectivity index (χ1v) is 10.8. The van der Waals surface area contributed by atoms with Gasteiger partial charge in [0.1, 0.15) is 11.9 Å². The van der Waals surface area contributed by atoms with Crippen molar-refractivity contribution in [1.29, 1.82) is 0 Å². The fraction of sp³-hybridized carbons (Fsp3) is 0.429. The number of aromatic nitrogens is 1. The Kier molecular flexibility index (Phi) is 7.53. The lowest BCUT2D eigenvalue weighted by molar-refractivity contribution is -0.139. The highest BCUT2D eigenvalue weighted by Crippen LogP contribution is 2.24. The van der Waals surface area contributed by atoms with E-state index in [9.17, 15) is 14.4 Å². The van der Waals surface area contributed by atoms with E-state index in [0.717, 1.165) is 5.56 Å². The van der Waals surface area contributed by atoms with E-state index in [-0.39, 0.29) is 18.2 Å². The molecule has 0 spiro atoms. The number of carbonyl (C=O) groups excluding carboxylic acids is 3. The van der Waals surface area contributed by atoms with Crippen molar-refractivity contribution in [3.8, 4) is 0 Å². The number of thiazole rings is 1. The van der Waals surface area contributed by atoms with E-state index in [1.54, 1.807) is 22.7 Å². The summed E-state index contributed by atoms with van der Waals surface area (Å²) in [5.74, 6) is -1.34. The molecule has 0 radical (unpaired) electrons. The molecule has 9 heteroatoms. The SMILES string of the molecule is C[C@H](C(N)=O)N(C(=O)C(CC(=O)N1CCOCC1)Cc1ccccc1)c1cscn1. The Hall–Kier alpha value is -2.78. The molecule has 30 heavy (non-hydrogen) atoms. The van der Waals surface area contributed by atoms with E-state index in [1.807, 2.05) is 30.3 Å². The maximum absolute atomic E-state index is 13.6. The standard InChI is InChI=1S/C21H26N4O4S/c1-15(20(22)27)25(18-13-30-14-23-18)21(28)17(11-16-5-3-2-4-6-16)12-19(26)24-7-9-29-10-8-24/h2-6,13-15,17H,7-12H2,1H3,(H2,22,27)/t15-,17?/m1/s1. The van der Waals surface area contributed by atoms with Crippen LogP contribution in [0, 0.1) is 5.92 Å². The Morgan fingerprint density at radius 3 is 2.53 bits per heavy atom. The molecule has 0 bridgehead atoms. The number of nitrogens with two attached hydrogens (primary N) is 1. The van der Waals surface area contributed by atoms with Gasteiger partial charge in [0.2, 0.25) is 17.7 Å². The van der Waals surface area contributed by atoms with Crippen LogP contribution in [0.2, 0.25) is 0 Å². The number of hydrogen-bond acceptors (Lipinski definition) is 6. The molecule has 1 aliphatic rings. The molecular weight excluding hydrogens is 404 g/mol. The van der Waals surface area contributed by atoms with Crippen molar-refractivity contribution in [2.24, 2.45) is 11.7 Å².